The van der Waals surface area contributed by atoms with Crippen molar-refractivity contribution in [1.29, 1.82) is 10.8 Å². The Kier molecular flexibility index (Phi) is 40.3. The summed E-state index contributed by atoms with van der Waals surface area (Å²) in [4.78, 5) is 187. The van der Waals surface area contributed by atoms with Crippen molar-refractivity contribution in [2.24, 2.45) is 29.4 Å². The number of esters is 1. The van der Waals surface area contributed by atoms with Crippen LogP contribution in [0.1, 0.15) is 224 Å². The Morgan fingerprint density at radius 2 is 0.928 bits per heavy atom. The number of carboxylic acid groups (broad SMARTS) is 1. The second-order valence-electron chi connectivity index (χ2n) is 39.5. The van der Waals surface area contributed by atoms with Crippen molar-refractivity contribution >= 4 is 120 Å². The fraction of sp³-hybridized carbons (Fsp3) is 0.577. The number of amides is 11. The molecule has 0 saturated carbocycles. The standard InChI is InChI=1S/C97H145N19O21S2/c1-23-53(8)78(114-89(126)71(43-61-31-25-24-26-32-61)111-84(121)66(98)37-38-76(119)135-95(16,17)18)91(128)106-60(15)83(120)110-72(44-62-47-103-67-34-28-27-33-63(62)67)87(124)112-70(41-50(2)3)88(125)113-77(52(6)7)90(127)109-69(36-30-40-102-94(100)116-139(133,134)82-57(12)55(10)80-65(59(82)14)46-97(21,22)137-80)86(123)105-48-74(117)107-68(85(122)104-49-75(118)108-73(92(129)130)42-51(4)5)35-29-39-101-93(99)115-138(131,132)81-56(11)54(9)79-64(58(81)13)45-96(19,20)136-79/h24-28,31-34,47,50-53,60,66,68-73,77-78,103H,23,29-30,35-46,48-49,98H2,1-22H3,(H,104,122)(H,105,123)(H,106,128)(H,107,117)(H,108,118)(H,109,127)(H,110,120)(H,111,121)(H,112,124)(H,113,125)(H,114,126)(H,129,130)(H3,99,101,115)(H3,100,102,116)/t53-,60-,66-,68-,69-,70-,71-,72-,73-,77-,78-/m0/s1. The first-order chi connectivity index (χ1) is 64.7. The molecule has 0 radical (unpaired) electrons. The largest absolute Gasteiger partial charge is 0.487 e. The van der Waals surface area contributed by atoms with Crippen molar-refractivity contribution in [3.8, 4) is 11.5 Å². The lowest BCUT2D eigenvalue weighted by Gasteiger charge is -2.29. The zero-order valence-electron chi connectivity index (χ0n) is 83.9. The molecule has 2 aliphatic heterocycles. The average Bonchev–Trinajstić information content (AvgIpc) is 1.61. The van der Waals surface area contributed by atoms with E-state index in [-0.39, 0.29) is 98.9 Å². The van der Waals surface area contributed by atoms with Gasteiger partial charge < -0.3 is 99.2 Å². The van der Waals surface area contributed by atoms with E-state index >= 15 is 14.4 Å². The first-order valence-corrected chi connectivity index (χ1v) is 50.1. The fourth-order valence-electron chi connectivity index (χ4n) is 16.6. The Labute approximate surface area is 814 Å². The van der Waals surface area contributed by atoms with E-state index in [1.165, 1.54) is 6.92 Å². The number of aromatic amines is 1. The minimum absolute atomic E-state index is 0.0320. The second kappa shape index (κ2) is 49.4. The van der Waals surface area contributed by atoms with Crippen LogP contribution in [0.5, 0.6) is 11.5 Å². The van der Waals surface area contributed by atoms with E-state index in [1.807, 2.05) is 27.7 Å². The lowest BCUT2D eigenvalue weighted by Crippen LogP contribution is -2.61. The van der Waals surface area contributed by atoms with E-state index in [0.717, 1.165) is 0 Å². The molecule has 11 amide bonds. The summed E-state index contributed by atoms with van der Waals surface area (Å²) >= 11 is 0. The van der Waals surface area contributed by atoms with E-state index in [2.05, 4.69) is 83.5 Å². The molecule has 21 N–H and O–H groups in total. The molecule has 2 aliphatic rings. The van der Waals surface area contributed by atoms with Gasteiger partial charge in [0.1, 0.15) is 82.7 Å². The first-order valence-electron chi connectivity index (χ1n) is 47.1. The number of nitrogens with two attached hydrogens (primary N) is 1. The number of carbonyl (C=O) groups excluding carboxylic acids is 12. The zero-order valence-corrected chi connectivity index (χ0v) is 85.5. The molecule has 0 aliphatic carbocycles. The number of H-pyrrole nitrogens is 1. The molecule has 1 aromatic heterocycles. The molecule has 0 spiro atoms. The molecule has 0 unspecified atom stereocenters. The molecule has 4 aromatic carbocycles. The number of nitrogens with one attached hydrogen (secondary N) is 18. The van der Waals surface area contributed by atoms with Crippen molar-refractivity contribution in [3.05, 3.63) is 116 Å². The molecule has 139 heavy (non-hydrogen) atoms. The summed E-state index contributed by atoms with van der Waals surface area (Å²) in [6.45, 7) is 35.7. The third-order valence-electron chi connectivity index (χ3n) is 24.2. The summed E-state index contributed by atoms with van der Waals surface area (Å²) in [5.74, 6) is -13.7. The molecule has 40 nitrogen and oxygen atoms in total. The highest BCUT2D eigenvalue weighted by molar-refractivity contribution is 7.90. The van der Waals surface area contributed by atoms with E-state index in [1.54, 1.807) is 178 Å². The molecule has 42 heteroatoms. The van der Waals surface area contributed by atoms with Crippen LogP contribution in [-0.2, 0) is 113 Å². The van der Waals surface area contributed by atoms with Gasteiger partial charge in [-0.15, -0.1) is 0 Å². The van der Waals surface area contributed by atoms with Gasteiger partial charge in [-0.3, -0.25) is 68.4 Å². The van der Waals surface area contributed by atoms with Crippen LogP contribution >= 0.6 is 0 Å². The summed E-state index contributed by atoms with van der Waals surface area (Å²) in [6, 6.07) is 1.72. The number of aromatic nitrogens is 1. The predicted molar refractivity (Wildman–Crippen MR) is 524 cm³/mol. The first kappa shape index (κ1) is 114. The molecule has 766 valence electrons. The summed E-state index contributed by atoms with van der Waals surface area (Å²) in [5.41, 5.74) is 10.5. The molecule has 0 saturated heterocycles. The van der Waals surface area contributed by atoms with Crippen LogP contribution in [0.15, 0.2) is 70.6 Å². The van der Waals surface area contributed by atoms with Crippen molar-refractivity contribution in [3.63, 3.8) is 0 Å². The summed E-state index contributed by atoms with van der Waals surface area (Å²) in [5, 5.41) is 62.3. The second-order valence-corrected chi connectivity index (χ2v) is 42.8. The normalized spacial score (nSPS) is 15.5. The van der Waals surface area contributed by atoms with Crippen molar-refractivity contribution in [1.82, 2.24) is 83.5 Å². The number of carbonyl (C=O) groups is 13. The number of para-hydroxylation sites is 1. The van der Waals surface area contributed by atoms with Gasteiger partial charge in [-0.2, -0.15) is 0 Å². The van der Waals surface area contributed by atoms with E-state index in [4.69, 9.17) is 30.8 Å². The van der Waals surface area contributed by atoms with Crippen LogP contribution in [0, 0.1) is 76.0 Å². The monoisotopic (exact) mass is 1980 g/mol. The number of sulfonamides is 2. The highest BCUT2D eigenvalue weighted by Crippen LogP contribution is 2.45. The minimum atomic E-state index is -4.44. The number of guanidine groups is 2. The minimum Gasteiger partial charge on any atom is -0.487 e. The molecular weight excluding hydrogens is 1830 g/mol. The molecule has 3 heterocycles. The number of hydrogen-bond acceptors (Lipinski definition) is 23. The van der Waals surface area contributed by atoms with Crippen molar-refractivity contribution < 1.29 is 98.5 Å². The smallest absolute Gasteiger partial charge is 0.326 e. The molecule has 0 bridgehead atoms. The number of ether oxygens (including phenoxy) is 3. The number of aliphatic carboxylic acids is 1. The highest BCUT2D eigenvalue weighted by atomic mass is 32.2. The third-order valence-corrected chi connectivity index (χ3v) is 27.4. The van der Waals surface area contributed by atoms with Crippen LogP contribution in [0.2, 0.25) is 0 Å². The summed E-state index contributed by atoms with van der Waals surface area (Å²) in [7, 11) is -8.83. The van der Waals surface area contributed by atoms with Crippen LogP contribution < -0.4 is 93.8 Å². The van der Waals surface area contributed by atoms with Gasteiger partial charge in [0.2, 0.25) is 76.9 Å². The van der Waals surface area contributed by atoms with Crippen LogP contribution in [0.4, 0.5) is 0 Å². The number of benzene rings is 4. The van der Waals surface area contributed by atoms with Crippen LogP contribution in [0.3, 0.4) is 0 Å². The zero-order chi connectivity index (χ0) is 104. The van der Waals surface area contributed by atoms with Gasteiger partial charge in [0.05, 0.1) is 28.9 Å². The number of carboxylic acids is 1. The third kappa shape index (κ3) is 32.8. The number of rotatable bonds is 49. The van der Waals surface area contributed by atoms with Gasteiger partial charge >= 0.3 is 11.9 Å². The summed E-state index contributed by atoms with van der Waals surface area (Å²) < 4.78 is 78.9. The molecule has 7 rings (SSSR count). The number of hydrogen-bond donors (Lipinski definition) is 20. The van der Waals surface area contributed by atoms with Crippen LogP contribution in [0.25, 0.3) is 10.9 Å². The van der Waals surface area contributed by atoms with Crippen molar-refractivity contribution in [2.45, 2.75) is 323 Å². The average molecular weight is 1980 g/mol. The fourth-order valence-corrected chi connectivity index (χ4v) is 19.6. The van der Waals surface area contributed by atoms with Gasteiger partial charge in [-0.1, -0.05) is 110 Å². The van der Waals surface area contributed by atoms with Gasteiger partial charge in [0.25, 0.3) is 20.0 Å². The van der Waals surface area contributed by atoms with E-state index < -0.39 is 211 Å². The maximum absolute atomic E-state index is 15.2. The molecule has 5 aromatic rings. The van der Waals surface area contributed by atoms with Gasteiger partial charge in [-0.25, -0.2) is 31.1 Å². The number of fused-ring (bicyclic) bond motifs is 3. The Morgan fingerprint density at radius 1 is 0.496 bits per heavy atom. The van der Waals surface area contributed by atoms with Gasteiger partial charge in [0.15, 0.2) is 0 Å². The molecular formula is C97H145N19O21S2. The maximum atomic E-state index is 15.2. The lowest BCUT2D eigenvalue weighted by molar-refractivity contribution is -0.155. The Morgan fingerprint density at radius 3 is 1.42 bits per heavy atom. The Hall–Kier alpha value is -12.5. The topological polar surface area (TPSA) is 608 Å². The van der Waals surface area contributed by atoms with Crippen molar-refractivity contribution in [2.75, 3.05) is 26.2 Å². The maximum Gasteiger partial charge on any atom is 0.326 e. The summed E-state index contributed by atoms with van der Waals surface area (Å²) in [6.07, 6.45) is 1.54. The quantitative estimate of drug-likeness (QED) is 0.0108. The predicted octanol–water partition coefficient (Wildman–Crippen LogP) is 4.74. The Balaban J connectivity index is 1.11. The lowest BCUT2D eigenvalue weighted by atomic mass is 9.94. The van der Waals surface area contributed by atoms with Gasteiger partial charge in [0, 0.05) is 73.4 Å². The van der Waals surface area contributed by atoms with Crippen LogP contribution in [-0.4, -0.2) is 219 Å². The van der Waals surface area contributed by atoms with Gasteiger partial charge in [-0.05, 0) is 216 Å². The molecule has 0 fully saturated rings. The van der Waals surface area contributed by atoms with E-state index in [9.17, 15) is 69.9 Å². The Bertz CT molecular complexity index is 5600. The highest BCUT2D eigenvalue weighted by Gasteiger charge is 2.42. The molecule has 11 atom stereocenters. The van der Waals surface area contributed by atoms with E-state index in [0.29, 0.717) is 97.3 Å². The SMILES string of the molecule is CC[C@H](C)[C@H](NC(=O)[C@H](Cc1ccccc1)NC(=O)[C@@H](N)CCC(=O)OC(C)(C)C)C(=O)N[C@@H](C)C(=O)N[C@@H](Cc1c[nH]c2ccccc12)C(=O)N[C@@H](CC(C)C)C(=O)N[C@H](C(=O)N[C@@H](CCCNC(=N)NS(=O)(=O)c1c(C)c(C)c2c(c1C)CC(C)(C)O2)C(=O)NCC(=O)N[C@@H](CCCNC(=N)NS(=O)(=O)c1c(C)c(C)c2c(c1C)CC(C)(C)O2)C(=O)NCC(=O)N[C@@H](CC(C)C)C(=O)O)C(C)C.